The summed E-state index contributed by atoms with van der Waals surface area (Å²) in [6.07, 6.45) is 4.49. The van der Waals surface area contributed by atoms with Gasteiger partial charge in [0.25, 0.3) is 0 Å². The summed E-state index contributed by atoms with van der Waals surface area (Å²) in [7, 11) is 0. The number of rotatable bonds is 32. The van der Waals surface area contributed by atoms with Gasteiger partial charge in [0.1, 0.15) is 6.61 Å². The lowest BCUT2D eigenvalue weighted by Gasteiger charge is -2.09. The van der Waals surface area contributed by atoms with Crippen molar-refractivity contribution in [3.63, 3.8) is 0 Å². The average Bonchev–Trinajstić information content (AvgIpc) is 3.01. The van der Waals surface area contributed by atoms with Crippen LogP contribution in [0.25, 0.3) is 0 Å². The number of nitrogens with one attached hydrogen (secondary N) is 1. The van der Waals surface area contributed by atoms with Crippen molar-refractivity contribution in [3.05, 3.63) is 29.8 Å². The first-order valence-corrected chi connectivity index (χ1v) is 15.4. The highest BCUT2D eigenvalue weighted by atomic mass is 16.6. The zero-order valence-corrected chi connectivity index (χ0v) is 25.9. The minimum Gasteiger partial charge on any atom is -0.460 e. The first-order chi connectivity index (χ1) is 20.8. The molecule has 0 radical (unpaired) electrons. The Kier molecular flexibility index (Phi) is 27.8. The molecule has 0 saturated heterocycles. The SMILES string of the molecule is CCCCNc1ccc(C(=O)OCCOCCOCCOCCOCCOCCOCCOCCOCCCC)cc1. The number of ether oxygens (including phenoxy) is 9. The van der Waals surface area contributed by atoms with Gasteiger partial charge in [0.05, 0.1) is 105 Å². The van der Waals surface area contributed by atoms with E-state index in [0.717, 1.165) is 44.5 Å². The average molecular weight is 602 g/mol. The molecule has 11 nitrogen and oxygen atoms in total. The number of esters is 1. The van der Waals surface area contributed by atoms with Crippen molar-refractivity contribution >= 4 is 11.7 Å². The summed E-state index contributed by atoms with van der Waals surface area (Å²) in [6.45, 7) is 13.8. The van der Waals surface area contributed by atoms with Crippen molar-refractivity contribution in [1.82, 2.24) is 0 Å². The Morgan fingerprint density at radius 2 is 0.857 bits per heavy atom. The lowest BCUT2D eigenvalue weighted by molar-refractivity contribution is -0.0244. The monoisotopic (exact) mass is 601 g/mol. The first-order valence-electron chi connectivity index (χ1n) is 15.4. The molecule has 42 heavy (non-hydrogen) atoms. The van der Waals surface area contributed by atoms with Crippen molar-refractivity contribution in [1.29, 1.82) is 0 Å². The van der Waals surface area contributed by atoms with E-state index >= 15 is 0 Å². The Labute approximate surface area is 252 Å². The van der Waals surface area contributed by atoms with E-state index < -0.39 is 0 Å². The fourth-order valence-corrected chi connectivity index (χ4v) is 3.30. The number of hydrogen-bond acceptors (Lipinski definition) is 11. The Morgan fingerprint density at radius 3 is 1.24 bits per heavy atom. The molecule has 1 aromatic rings. The van der Waals surface area contributed by atoms with E-state index in [2.05, 4.69) is 19.2 Å². The van der Waals surface area contributed by atoms with E-state index in [1.54, 1.807) is 12.1 Å². The second-order valence-electron chi connectivity index (χ2n) is 9.25. The lowest BCUT2D eigenvalue weighted by Crippen LogP contribution is -2.15. The molecule has 0 amide bonds. The van der Waals surface area contributed by atoms with Crippen LogP contribution in [0.5, 0.6) is 0 Å². The van der Waals surface area contributed by atoms with Gasteiger partial charge in [-0.15, -0.1) is 0 Å². The molecule has 0 saturated carbocycles. The molecule has 0 aromatic heterocycles. The summed E-state index contributed by atoms with van der Waals surface area (Å²) in [6, 6.07) is 7.30. The van der Waals surface area contributed by atoms with Crippen LogP contribution in [0.4, 0.5) is 5.69 Å². The van der Waals surface area contributed by atoms with Gasteiger partial charge in [-0.3, -0.25) is 0 Å². The molecule has 1 rings (SSSR count). The summed E-state index contributed by atoms with van der Waals surface area (Å²) in [4.78, 5) is 12.1. The predicted octanol–water partition coefficient (Wildman–Crippen LogP) is 3.99. The van der Waals surface area contributed by atoms with Gasteiger partial charge in [-0.05, 0) is 37.1 Å². The molecule has 1 aromatic carbocycles. The normalized spacial score (nSPS) is 11.2. The number of carbonyl (C=O) groups excluding carboxylic acids is 1. The van der Waals surface area contributed by atoms with Crippen LogP contribution in [0.3, 0.4) is 0 Å². The van der Waals surface area contributed by atoms with Gasteiger partial charge >= 0.3 is 5.97 Å². The van der Waals surface area contributed by atoms with Gasteiger partial charge in [0, 0.05) is 18.8 Å². The van der Waals surface area contributed by atoms with Crippen LogP contribution in [0.2, 0.25) is 0 Å². The van der Waals surface area contributed by atoms with Crippen LogP contribution in [0.1, 0.15) is 49.9 Å². The maximum atomic E-state index is 12.1. The standard InChI is InChI=1S/C31H55NO10/c1-3-5-11-32-30-9-7-29(8-10-30)31(33)42-28-27-41-26-25-40-24-23-39-22-21-38-20-19-37-18-17-36-16-15-35-14-13-34-12-6-4-2/h7-10,32H,3-6,11-28H2,1-2H3. The number of anilines is 1. The van der Waals surface area contributed by atoms with Crippen LogP contribution in [0, 0.1) is 0 Å². The molecule has 0 heterocycles. The van der Waals surface area contributed by atoms with E-state index in [1.807, 2.05) is 12.1 Å². The number of unbranched alkanes of at least 4 members (excludes halogenated alkanes) is 2. The van der Waals surface area contributed by atoms with Crippen molar-refractivity contribution in [2.75, 3.05) is 124 Å². The molecule has 0 aliphatic rings. The molecule has 11 heteroatoms. The summed E-state index contributed by atoms with van der Waals surface area (Å²) in [5.41, 5.74) is 1.52. The third kappa shape index (κ3) is 24.7. The molecule has 0 aliphatic heterocycles. The second-order valence-corrected chi connectivity index (χ2v) is 9.25. The highest BCUT2D eigenvalue weighted by molar-refractivity contribution is 5.89. The van der Waals surface area contributed by atoms with Gasteiger partial charge in [-0.1, -0.05) is 26.7 Å². The van der Waals surface area contributed by atoms with E-state index in [9.17, 15) is 4.79 Å². The van der Waals surface area contributed by atoms with Crippen LogP contribution < -0.4 is 5.32 Å². The zero-order chi connectivity index (χ0) is 30.2. The van der Waals surface area contributed by atoms with E-state index in [0.29, 0.717) is 105 Å². The van der Waals surface area contributed by atoms with Crippen molar-refractivity contribution in [2.45, 2.75) is 39.5 Å². The topological polar surface area (TPSA) is 112 Å². The largest absolute Gasteiger partial charge is 0.460 e. The van der Waals surface area contributed by atoms with Crippen molar-refractivity contribution < 1.29 is 47.4 Å². The molecule has 0 spiro atoms. The Morgan fingerprint density at radius 1 is 0.500 bits per heavy atom. The third-order valence-corrected chi connectivity index (χ3v) is 5.69. The summed E-state index contributed by atoms with van der Waals surface area (Å²) in [5.74, 6) is -0.356. The van der Waals surface area contributed by atoms with E-state index in [-0.39, 0.29) is 12.6 Å². The van der Waals surface area contributed by atoms with E-state index in [4.69, 9.17) is 42.6 Å². The van der Waals surface area contributed by atoms with Gasteiger partial charge in [-0.25, -0.2) is 4.79 Å². The summed E-state index contributed by atoms with van der Waals surface area (Å²) < 4.78 is 48.8. The molecular weight excluding hydrogens is 546 g/mol. The summed E-state index contributed by atoms with van der Waals surface area (Å²) >= 11 is 0. The highest BCUT2D eigenvalue weighted by Crippen LogP contribution is 2.10. The predicted molar refractivity (Wildman–Crippen MR) is 162 cm³/mol. The zero-order valence-electron chi connectivity index (χ0n) is 25.9. The van der Waals surface area contributed by atoms with Crippen LogP contribution >= 0.6 is 0 Å². The minimum atomic E-state index is -0.356. The molecule has 0 aliphatic carbocycles. The highest BCUT2D eigenvalue weighted by Gasteiger charge is 2.06. The second kappa shape index (κ2) is 30.6. The molecule has 0 unspecified atom stereocenters. The first kappa shape index (κ1) is 38.2. The van der Waals surface area contributed by atoms with Gasteiger partial charge < -0.3 is 47.9 Å². The van der Waals surface area contributed by atoms with Crippen LogP contribution in [-0.2, 0) is 42.6 Å². The fraction of sp³-hybridized carbons (Fsp3) is 0.774. The maximum Gasteiger partial charge on any atom is 0.338 e. The third-order valence-electron chi connectivity index (χ3n) is 5.69. The van der Waals surface area contributed by atoms with E-state index in [1.165, 1.54) is 0 Å². The Balaban J connectivity index is 1.74. The number of benzene rings is 1. The smallest absolute Gasteiger partial charge is 0.338 e. The van der Waals surface area contributed by atoms with Crippen LogP contribution in [0.15, 0.2) is 24.3 Å². The van der Waals surface area contributed by atoms with Gasteiger partial charge in [-0.2, -0.15) is 0 Å². The molecule has 244 valence electrons. The van der Waals surface area contributed by atoms with Crippen molar-refractivity contribution in [3.8, 4) is 0 Å². The molecule has 0 fully saturated rings. The Bertz CT molecular complexity index is 707. The number of carbonyl (C=O) groups is 1. The summed E-state index contributed by atoms with van der Waals surface area (Å²) in [5, 5.41) is 3.32. The van der Waals surface area contributed by atoms with Gasteiger partial charge in [0.2, 0.25) is 0 Å². The Hall–Kier alpha value is -1.83. The van der Waals surface area contributed by atoms with Crippen LogP contribution in [-0.4, -0.2) is 125 Å². The minimum absolute atomic E-state index is 0.197. The molecule has 0 bridgehead atoms. The van der Waals surface area contributed by atoms with Crippen molar-refractivity contribution in [2.24, 2.45) is 0 Å². The molecule has 1 N–H and O–H groups in total. The molecule has 0 atom stereocenters. The van der Waals surface area contributed by atoms with Gasteiger partial charge in [0.15, 0.2) is 0 Å². The fourth-order valence-electron chi connectivity index (χ4n) is 3.30. The lowest BCUT2D eigenvalue weighted by atomic mass is 10.2. The number of hydrogen-bond donors (Lipinski definition) is 1. The maximum absolute atomic E-state index is 12.1. The quantitative estimate of drug-likeness (QED) is 0.0956. The molecular formula is C31H55NO10.